The molecule has 0 N–H and O–H groups in total. The first kappa shape index (κ1) is 24.2. The summed E-state index contributed by atoms with van der Waals surface area (Å²) >= 11 is 14.2. The second-order valence-corrected chi connectivity index (χ2v) is 9.10. The molecule has 0 radical (unpaired) electrons. The van der Waals surface area contributed by atoms with E-state index < -0.39 is 0 Å². The summed E-state index contributed by atoms with van der Waals surface area (Å²) in [5.41, 5.74) is 2.71. The monoisotopic (exact) mass is 499 g/mol. The van der Waals surface area contributed by atoms with Gasteiger partial charge in [-0.25, -0.2) is 4.98 Å². The van der Waals surface area contributed by atoms with Crippen molar-refractivity contribution in [3.8, 4) is 0 Å². The first-order chi connectivity index (χ1) is 14.5. The van der Waals surface area contributed by atoms with Gasteiger partial charge >= 0.3 is 0 Å². The van der Waals surface area contributed by atoms with Crippen LogP contribution in [0.3, 0.4) is 0 Å². The van der Waals surface area contributed by atoms with E-state index in [1.165, 1.54) is 11.3 Å². The van der Waals surface area contributed by atoms with Gasteiger partial charge in [-0.1, -0.05) is 58.8 Å². The lowest BCUT2D eigenvalue weighted by Crippen LogP contribution is -2.43. The Balaban J connectivity index is 0.00000272. The van der Waals surface area contributed by atoms with E-state index in [0.29, 0.717) is 21.7 Å². The van der Waals surface area contributed by atoms with E-state index in [1.54, 1.807) is 4.90 Å². The number of amides is 1. The Hall–Kier alpha value is -1.41. The third-order valence-corrected chi connectivity index (χ3v) is 7.17. The normalized spacial score (nSPS) is 14.4. The van der Waals surface area contributed by atoms with E-state index in [-0.39, 0.29) is 24.7 Å². The summed E-state index contributed by atoms with van der Waals surface area (Å²) < 4.78 is 6.35. The molecule has 0 spiro atoms. The molecule has 9 heteroatoms. The standard InChI is InChI=1S/C22H23Cl2N3O2S.ClH/c1-15-6-7-18(24)21-20(15)25-22(30-21)27(9-8-26-10-12-29-13-11-26)19(28)14-16-4-2-3-5-17(16)23;/h2-7H,8-14H2,1H3;1H. The number of aromatic nitrogens is 1. The number of aryl methyl sites for hydroxylation is 1. The van der Waals surface area contributed by atoms with Crippen molar-refractivity contribution in [1.29, 1.82) is 0 Å². The summed E-state index contributed by atoms with van der Waals surface area (Å²) in [7, 11) is 0. The van der Waals surface area contributed by atoms with E-state index in [1.807, 2.05) is 43.3 Å². The second-order valence-electron chi connectivity index (χ2n) is 7.31. The van der Waals surface area contributed by atoms with Crippen molar-refractivity contribution in [3.05, 3.63) is 57.6 Å². The van der Waals surface area contributed by atoms with Gasteiger partial charge in [0.1, 0.15) is 0 Å². The average molecular weight is 501 g/mol. The van der Waals surface area contributed by atoms with Gasteiger partial charge in [-0.15, -0.1) is 12.4 Å². The van der Waals surface area contributed by atoms with Gasteiger partial charge in [0.2, 0.25) is 5.91 Å². The number of hydrogen-bond donors (Lipinski definition) is 0. The Kier molecular flexibility index (Phi) is 8.56. The summed E-state index contributed by atoms with van der Waals surface area (Å²) in [6.45, 7) is 6.52. The highest BCUT2D eigenvalue weighted by molar-refractivity contribution is 7.23. The number of benzene rings is 2. The van der Waals surface area contributed by atoms with Crippen LogP contribution in [0.25, 0.3) is 10.2 Å². The maximum atomic E-state index is 13.3. The Bertz CT molecular complexity index is 1010. The Morgan fingerprint density at radius 2 is 1.90 bits per heavy atom. The van der Waals surface area contributed by atoms with Crippen LogP contribution < -0.4 is 4.90 Å². The minimum Gasteiger partial charge on any atom is -0.379 e. The van der Waals surface area contributed by atoms with Gasteiger partial charge in [-0.05, 0) is 30.2 Å². The van der Waals surface area contributed by atoms with Crippen molar-refractivity contribution in [3.63, 3.8) is 0 Å². The highest BCUT2D eigenvalue weighted by atomic mass is 35.5. The zero-order valence-electron chi connectivity index (χ0n) is 17.1. The minimum atomic E-state index is -0.0239. The average Bonchev–Trinajstić information content (AvgIpc) is 3.20. The van der Waals surface area contributed by atoms with Gasteiger partial charge in [0.25, 0.3) is 0 Å². The maximum absolute atomic E-state index is 13.3. The van der Waals surface area contributed by atoms with Crippen LogP contribution in [-0.2, 0) is 16.0 Å². The number of carbonyl (C=O) groups is 1. The zero-order chi connectivity index (χ0) is 21.1. The highest BCUT2D eigenvalue weighted by Gasteiger charge is 2.23. The lowest BCUT2D eigenvalue weighted by Gasteiger charge is -2.29. The smallest absolute Gasteiger partial charge is 0.233 e. The third-order valence-electron chi connectivity index (χ3n) is 5.26. The van der Waals surface area contributed by atoms with Crippen LogP contribution in [0.15, 0.2) is 36.4 Å². The Morgan fingerprint density at radius 1 is 1.16 bits per heavy atom. The van der Waals surface area contributed by atoms with Crippen LogP contribution in [-0.4, -0.2) is 55.2 Å². The van der Waals surface area contributed by atoms with Crippen molar-refractivity contribution < 1.29 is 9.53 Å². The van der Waals surface area contributed by atoms with Crippen LogP contribution in [0.5, 0.6) is 0 Å². The number of thiazole rings is 1. The summed E-state index contributed by atoms with van der Waals surface area (Å²) in [5.74, 6) is -0.0239. The second kappa shape index (κ2) is 10.9. The summed E-state index contributed by atoms with van der Waals surface area (Å²) in [6.07, 6.45) is 0.228. The van der Waals surface area contributed by atoms with Crippen molar-refractivity contribution in [2.75, 3.05) is 44.3 Å². The van der Waals surface area contributed by atoms with E-state index in [4.69, 9.17) is 32.9 Å². The van der Waals surface area contributed by atoms with Gasteiger partial charge in [0.15, 0.2) is 5.13 Å². The zero-order valence-corrected chi connectivity index (χ0v) is 20.3. The summed E-state index contributed by atoms with van der Waals surface area (Å²) in [4.78, 5) is 22.2. The number of morpholine rings is 1. The van der Waals surface area contributed by atoms with Crippen molar-refractivity contribution >= 4 is 68.2 Å². The van der Waals surface area contributed by atoms with E-state index >= 15 is 0 Å². The Morgan fingerprint density at radius 3 is 2.61 bits per heavy atom. The minimum absolute atomic E-state index is 0. The van der Waals surface area contributed by atoms with Crippen molar-refractivity contribution in [1.82, 2.24) is 9.88 Å². The molecule has 2 heterocycles. The van der Waals surface area contributed by atoms with Gasteiger partial charge < -0.3 is 4.74 Å². The first-order valence-electron chi connectivity index (χ1n) is 9.92. The molecule has 5 nitrogen and oxygen atoms in total. The van der Waals surface area contributed by atoms with Crippen LogP contribution in [0, 0.1) is 6.92 Å². The molecular formula is C22H24Cl3N3O2S. The number of fused-ring (bicyclic) bond motifs is 1. The molecule has 1 saturated heterocycles. The van der Waals surface area contributed by atoms with E-state index in [0.717, 1.165) is 54.2 Å². The molecule has 0 atom stereocenters. The molecule has 1 aromatic heterocycles. The quantitative estimate of drug-likeness (QED) is 0.464. The number of nitrogens with zero attached hydrogens (tertiary/aromatic N) is 3. The van der Waals surface area contributed by atoms with Crippen LogP contribution in [0.1, 0.15) is 11.1 Å². The lowest BCUT2D eigenvalue weighted by atomic mass is 10.1. The predicted octanol–water partition coefficient (Wildman–Crippen LogP) is 5.24. The molecule has 0 aliphatic carbocycles. The molecule has 1 fully saturated rings. The molecule has 31 heavy (non-hydrogen) atoms. The van der Waals surface area contributed by atoms with Crippen LogP contribution in [0.2, 0.25) is 10.0 Å². The Labute approximate surface area is 202 Å². The molecule has 1 amide bonds. The topological polar surface area (TPSA) is 45.7 Å². The molecule has 4 rings (SSSR count). The highest BCUT2D eigenvalue weighted by Crippen LogP contribution is 2.36. The lowest BCUT2D eigenvalue weighted by molar-refractivity contribution is -0.118. The van der Waals surface area contributed by atoms with Crippen molar-refractivity contribution in [2.24, 2.45) is 0 Å². The summed E-state index contributed by atoms with van der Waals surface area (Å²) in [5, 5.41) is 1.93. The SMILES string of the molecule is Cc1ccc(Cl)c2sc(N(CCN3CCOCC3)C(=O)Cc3ccccc3Cl)nc12.Cl. The fourth-order valence-corrected chi connectivity index (χ4v) is 5.06. The molecule has 0 unspecified atom stereocenters. The number of hydrogen-bond acceptors (Lipinski definition) is 5. The summed E-state index contributed by atoms with van der Waals surface area (Å²) in [6, 6.07) is 11.3. The molecular weight excluding hydrogens is 477 g/mol. The van der Waals surface area contributed by atoms with Crippen LogP contribution >= 0.6 is 46.9 Å². The fourth-order valence-electron chi connectivity index (χ4n) is 3.50. The van der Waals surface area contributed by atoms with Crippen molar-refractivity contribution in [2.45, 2.75) is 13.3 Å². The number of anilines is 1. The molecule has 2 aromatic carbocycles. The maximum Gasteiger partial charge on any atom is 0.233 e. The van der Waals surface area contributed by atoms with E-state index in [2.05, 4.69) is 4.90 Å². The molecule has 0 saturated carbocycles. The van der Waals surface area contributed by atoms with E-state index in [9.17, 15) is 4.79 Å². The number of carbonyl (C=O) groups excluding carboxylic acids is 1. The number of ether oxygens (including phenoxy) is 1. The first-order valence-corrected chi connectivity index (χ1v) is 11.5. The van der Waals surface area contributed by atoms with Gasteiger partial charge in [0.05, 0.1) is 34.9 Å². The fraction of sp³-hybridized carbons (Fsp3) is 0.364. The molecule has 3 aromatic rings. The van der Waals surface area contributed by atoms with Gasteiger partial charge in [-0.3, -0.25) is 14.6 Å². The molecule has 166 valence electrons. The largest absolute Gasteiger partial charge is 0.379 e. The van der Waals surface area contributed by atoms with Gasteiger partial charge in [-0.2, -0.15) is 0 Å². The van der Waals surface area contributed by atoms with Gasteiger partial charge in [0, 0.05) is 31.2 Å². The third kappa shape index (κ3) is 5.69. The van der Waals surface area contributed by atoms with Crippen LogP contribution in [0.4, 0.5) is 5.13 Å². The molecule has 0 bridgehead atoms. The molecule has 1 aliphatic heterocycles. The predicted molar refractivity (Wildman–Crippen MR) is 131 cm³/mol. The molecule has 1 aliphatic rings. The number of halogens is 3. The number of rotatable bonds is 6.